The molecule has 0 aromatic heterocycles. The molecule has 2 N–H and O–H groups in total. The summed E-state index contributed by atoms with van der Waals surface area (Å²) in [4.78, 5) is 1.37. The third-order valence-electron chi connectivity index (χ3n) is 7.92. The largest absolute Gasteiger partial charge is 0.503 e. The number of hydrogen-bond acceptors (Lipinski definition) is 1. The van der Waals surface area contributed by atoms with Gasteiger partial charge in [-0.05, 0) is 12.1 Å². The zero-order valence-corrected chi connectivity index (χ0v) is 25.5. The monoisotopic (exact) mass is 763 g/mol. The Labute approximate surface area is 279 Å². The SMILES string of the molecule is C[NH+](C)c1ccccc1.Oc1c(F)cc([B-](c2c(F)c(F)c(F)c(F)c2F)(c2c(F)c(F)c(F)c(F)c2F)c2c(F)c(F)c(F)c(F)c2F)cc1F. The average molecular weight is 763 g/mol. The van der Waals surface area contributed by atoms with Crippen molar-refractivity contribution in [2.45, 2.75) is 0 Å². The second-order valence-corrected chi connectivity index (χ2v) is 11.0. The van der Waals surface area contributed by atoms with Crippen LogP contribution in [0.4, 0.5) is 80.3 Å². The van der Waals surface area contributed by atoms with E-state index in [1.54, 1.807) is 0 Å². The van der Waals surface area contributed by atoms with Gasteiger partial charge in [-0.1, -0.05) is 30.3 Å². The molecule has 52 heavy (non-hydrogen) atoms. The maximum Gasteiger partial charge on any atom is 0.200 e. The van der Waals surface area contributed by atoms with Gasteiger partial charge in [-0.25, -0.2) is 74.6 Å². The highest BCUT2D eigenvalue weighted by Gasteiger charge is 2.49. The average Bonchev–Trinajstić information content (AvgIpc) is 3.12. The van der Waals surface area contributed by atoms with Gasteiger partial charge in [-0.3, -0.25) is 0 Å². The first-order valence-corrected chi connectivity index (χ1v) is 13.9. The van der Waals surface area contributed by atoms with Gasteiger partial charge in [0.2, 0.25) is 0 Å². The summed E-state index contributed by atoms with van der Waals surface area (Å²) in [7, 11) is 4.24. The van der Waals surface area contributed by atoms with Gasteiger partial charge >= 0.3 is 0 Å². The van der Waals surface area contributed by atoms with E-state index in [9.17, 15) is 53.4 Å². The number of para-hydroxylation sites is 1. The first-order chi connectivity index (χ1) is 24.2. The number of rotatable bonds is 5. The number of quaternary nitrogens is 1. The van der Waals surface area contributed by atoms with E-state index in [0.29, 0.717) is 0 Å². The molecule has 0 bridgehead atoms. The van der Waals surface area contributed by atoms with E-state index in [1.165, 1.54) is 10.6 Å². The first-order valence-electron chi connectivity index (χ1n) is 13.9. The number of phenols is 1. The van der Waals surface area contributed by atoms with Crippen molar-refractivity contribution in [1.82, 2.24) is 0 Å². The van der Waals surface area contributed by atoms with Crippen LogP contribution < -0.4 is 26.8 Å². The van der Waals surface area contributed by atoms with Gasteiger partial charge in [0.25, 0.3) is 0 Å². The van der Waals surface area contributed by atoms with E-state index in [1.807, 2.05) is 6.07 Å². The summed E-state index contributed by atoms with van der Waals surface area (Å²) < 4.78 is 250. The summed E-state index contributed by atoms with van der Waals surface area (Å²) >= 11 is 0. The molecule has 0 saturated heterocycles. The fourth-order valence-corrected chi connectivity index (χ4v) is 5.55. The van der Waals surface area contributed by atoms with Gasteiger partial charge in [-0.2, -0.15) is 5.46 Å². The molecule has 0 amide bonds. The van der Waals surface area contributed by atoms with Gasteiger partial charge in [0.05, 0.1) is 14.1 Å². The molecule has 0 aliphatic heterocycles. The van der Waals surface area contributed by atoms with Crippen LogP contribution in [0.3, 0.4) is 0 Å². The number of phenolic OH excluding ortho intramolecular Hbond substituents is 1. The summed E-state index contributed by atoms with van der Waals surface area (Å²) in [6.45, 7) is 0. The van der Waals surface area contributed by atoms with E-state index in [2.05, 4.69) is 38.4 Å². The predicted molar refractivity (Wildman–Crippen MR) is 150 cm³/mol. The van der Waals surface area contributed by atoms with E-state index < -0.39 is 145 Å². The third kappa shape index (κ3) is 6.07. The standard InChI is InChI=1S/C24H3BF17O.C8H11N/c26-4-1-3(2-5(27)24(4)43)25(6-9(28)15(34)21(40)16(35)10(6)29,7-11(30)17(36)22(41)18(37)12(7)31)8-13(32)19(38)23(42)20(39)14(8)33;1-9(2)8-6-4-3-5-7-8/h1-2,43H;3-7H,1-2H3/q-1;/p+1. The van der Waals surface area contributed by atoms with Crippen molar-refractivity contribution in [2.75, 3.05) is 14.1 Å². The molecule has 20 heteroatoms. The lowest BCUT2D eigenvalue weighted by molar-refractivity contribution is -0.786. The molecular formula is C32H15BF17NO. The molecule has 2 nitrogen and oxygen atoms in total. The van der Waals surface area contributed by atoms with Crippen molar-refractivity contribution < 1.29 is 84.6 Å². The Morgan fingerprint density at radius 3 is 0.885 bits per heavy atom. The van der Waals surface area contributed by atoms with E-state index in [4.69, 9.17) is 0 Å². The van der Waals surface area contributed by atoms with Crippen LogP contribution >= 0.6 is 0 Å². The van der Waals surface area contributed by atoms with Crippen molar-refractivity contribution in [3.63, 3.8) is 0 Å². The van der Waals surface area contributed by atoms with Gasteiger partial charge < -0.3 is 10.0 Å². The normalized spacial score (nSPS) is 11.6. The van der Waals surface area contributed by atoms with E-state index in [-0.39, 0.29) is 0 Å². The van der Waals surface area contributed by atoms with Crippen LogP contribution in [0, 0.1) is 98.9 Å². The lowest BCUT2D eigenvalue weighted by Crippen LogP contribution is -3.00. The Hall–Kier alpha value is -5.27. The highest BCUT2D eigenvalue weighted by molar-refractivity contribution is 7.20. The molecule has 5 rings (SSSR count). The van der Waals surface area contributed by atoms with Gasteiger partial charge in [-0.15, -0.1) is 16.4 Å². The van der Waals surface area contributed by atoms with Crippen LogP contribution in [0.5, 0.6) is 5.75 Å². The number of aromatic hydroxyl groups is 1. The quantitative estimate of drug-likeness (QED) is 0.104. The Balaban J connectivity index is 0.000000585. The van der Waals surface area contributed by atoms with Gasteiger partial charge in [0, 0.05) is 0 Å². The smallest absolute Gasteiger partial charge is 0.200 e. The highest BCUT2D eigenvalue weighted by Crippen LogP contribution is 2.29. The molecule has 0 fully saturated rings. The van der Waals surface area contributed by atoms with Gasteiger partial charge in [0.1, 0.15) is 46.7 Å². The number of halogens is 17. The zero-order chi connectivity index (χ0) is 39.3. The summed E-state index contributed by atoms with van der Waals surface area (Å²) in [6, 6.07) is 9.15. The maximum atomic E-state index is 15.4. The fourth-order valence-electron chi connectivity index (χ4n) is 5.55. The Kier molecular flexibility index (Phi) is 10.9. The summed E-state index contributed by atoms with van der Waals surface area (Å²) in [6.07, 6.45) is -6.36. The molecule has 0 heterocycles. The molecule has 276 valence electrons. The molecule has 0 aliphatic carbocycles. The predicted octanol–water partition coefficient (Wildman–Crippen LogP) is 5.60. The van der Waals surface area contributed by atoms with Crippen molar-refractivity contribution in [3.05, 3.63) is 141 Å². The molecule has 0 saturated carbocycles. The Bertz CT molecular complexity index is 1950. The van der Waals surface area contributed by atoms with Crippen LogP contribution in [0.15, 0.2) is 42.5 Å². The molecule has 0 aliphatic rings. The molecule has 0 atom stereocenters. The lowest BCUT2D eigenvalue weighted by atomic mass is 9.12. The molecule has 0 unspecified atom stereocenters. The molecule has 0 radical (unpaired) electrons. The molecule has 5 aromatic rings. The number of benzene rings is 5. The third-order valence-corrected chi connectivity index (χ3v) is 7.92. The van der Waals surface area contributed by atoms with Crippen LogP contribution in [-0.2, 0) is 0 Å². The van der Waals surface area contributed by atoms with Crippen molar-refractivity contribution >= 4 is 33.7 Å². The fraction of sp³-hybridized carbons (Fsp3) is 0.0625. The van der Waals surface area contributed by atoms with E-state index >= 15 is 26.3 Å². The Morgan fingerprint density at radius 2 is 0.654 bits per heavy atom. The number of nitrogens with one attached hydrogen (secondary N) is 1. The minimum absolute atomic E-state index is 0.618. The molecular weight excluding hydrogens is 748 g/mol. The summed E-state index contributed by atoms with van der Waals surface area (Å²) in [5.74, 6) is -56.3. The minimum atomic E-state index is -6.36. The zero-order valence-electron chi connectivity index (χ0n) is 25.5. The van der Waals surface area contributed by atoms with Crippen molar-refractivity contribution in [1.29, 1.82) is 0 Å². The van der Waals surface area contributed by atoms with Crippen molar-refractivity contribution in [3.8, 4) is 5.75 Å². The second-order valence-electron chi connectivity index (χ2n) is 11.0. The van der Waals surface area contributed by atoms with Crippen LogP contribution in [0.1, 0.15) is 0 Å². The first kappa shape index (κ1) is 39.5. The lowest BCUT2D eigenvalue weighted by Gasteiger charge is -2.44. The topological polar surface area (TPSA) is 24.7 Å². The van der Waals surface area contributed by atoms with Crippen LogP contribution in [0.2, 0.25) is 0 Å². The maximum absolute atomic E-state index is 15.4. The van der Waals surface area contributed by atoms with Crippen LogP contribution in [-0.4, -0.2) is 25.3 Å². The summed E-state index contributed by atoms with van der Waals surface area (Å²) in [5.41, 5.74) is -10.2. The van der Waals surface area contributed by atoms with E-state index in [0.717, 1.165) is 0 Å². The number of hydrogen-bond donors (Lipinski definition) is 2. The second kappa shape index (κ2) is 14.4. The minimum Gasteiger partial charge on any atom is -0.503 e. The highest BCUT2D eigenvalue weighted by atomic mass is 19.2. The molecule has 5 aromatic carbocycles. The molecule has 0 spiro atoms. The summed E-state index contributed by atoms with van der Waals surface area (Å²) in [5, 5.41) is 9.41. The van der Waals surface area contributed by atoms with Crippen molar-refractivity contribution in [2.24, 2.45) is 0 Å². The van der Waals surface area contributed by atoms with Gasteiger partial charge in [0.15, 0.2) is 69.7 Å². The Morgan fingerprint density at radius 1 is 0.404 bits per heavy atom. The van der Waals surface area contributed by atoms with Crippen LogP contribution in [0.25, 0.3) is 0 Å².